The number of hydrogen-bond donors (Lipinski definition) is 2. The van der Waals surface area contributed by atoms with Crippen LogP contribution in [0.3, 0.4) is 0 Å². The van der Waals surface area contributed by atoms with E-state index < -0.39 is 5.97 Å². The molecular formula is C15H21NO3. The third-order valence-electron chi connectivity index (χ3n) is 2.93. The lowest BCUT2D eigenvalue weighted by atomic mass is 9.98. The normalized spacial score (nSPS) is 11.9. The zero-order chi connectivity index (χ0) is 14.1. The van der Waals surface area contributed by atoms with E-state index in [1.807, 2.05) is 30.3 Å². The summed E-state index contributed by atoms with van der Waals surface area (Å²) in [6.45, 7) is 0.667. The first kappa shape index (κ1) is 15.2. The first-order chi connectivity index (χ1) is 9.20. The number of carboxylic acids is 1. The van der Waals surface area contributed by atoms with E-state index in [0.717, 1.165) is 30.4 Å². The van der Waals surface area contributed by atoms with Crippen LogP contribution in [-0.2, 0) is 9.53 Å². The molecule has 0 aliphatic rings. The Morgan fingerprint density at radius 2 is 1.89 bits per heavy atom. The highest BCUT2D eigenvalue weighted by Crippen LogP contribution is 2.25. The average molecular weight is 263 g/mol. The molecule has 0 aliphatic heterocycles. The second-order valence-electron chi connectivity index (χ2n) is 4.28. The molecule has 4 heteroatoms. The Morgan fingerprint density at radius 1 is 1.21 bits per heavy atom. The highest BCUT2D eigenvalue weighted by Gasteiger charge is 2.16. The van der Waals surface area contributed by atoms with Gasteiger partial charge < -0.3 is 15.6 Å². The van der Waals surface area contributed by atoms with Gasteiger partial charge in [0.15, 0.2) is 0 Å². The van der Waals surface area contributed by atoms with Gasteiger partial charge in [-0.2, -0.15) is 0 Å². The highest BCUT2D eigenvalue weighted by molar-refractivity contribution is 5.94. The summed E-state index contributed by atoms with van der Waals surface area (Å²) in [7, 11) is 1.40. The van der Waals surface area contributed by atoms with Crippen molar-refractivity contribution in [2.45, 2.75) is 25.7 Å². The molecule has 0 fully saturated rings. The van der Waals surface area contributed by atoms with Crippen LogP contribution in [0.5, 0.6) is 0 Å². The fourth-order valence-corrected chi connectivity index (χ4v) is 1.99. The number of allylic oxidation sites excluding steroid dienone is 1. The summed E-state index contributed by atoms with van der Waals surface area (Å²) in [4.78, 5) is 11.2. The minimum Gasteiger partial charge on any atom is -0.490 e. The largest absolute Gasteiger partial charge is 0.490 e. The smallest absolute Gasteiger partial charge is 0.371 e. The SMILES string of the molecule is COC(C(=O)O)=C(CCCCCN)c1ccccc1. The molecule has 0 radical (unpaired) electrons. The lowest BCUT2D eigenvalue weighted by molar-refractivity contribution is -0.135. The molecule has 0 atom stereocenters. The van der Waals surface area contributed by atoms with Crippen LogP contribution in [0.25, 0.3) is 5.57 Å². The van der Waals surface area contributed by atoms with Gasteiger partial charge in [0.2, 0.25) is 5.76 Å². The molecule has 1 aromatic carbocycles. The molecule has 1 aromatic rings. The van der Waals surface area contributed by atoms with Crippen molar-refractivity contribution >= 4 is 11.5 Å². The molecule has 1 rings (SSSR count). The molecule has 104 valence electrons. The third kappa shape index (κ3) is 4.75. The van der Waals surface area contributed by atoms with E-state index in [1.54, 1.807) is 0 Å². The number of carbonyl (C=O) groups is 1. The fourth-order valence-electron chi connectivity index (χ4n) is 1.99. The highest BCUT2D eigenvalue weighted by atomic mass is 16.5. The minimum absolute atomic E-state index is 0.0268. The average Bonchev–Trinajstić information content (AvgIpc) is 2.43. The molecular weight excluding hydrogens is 242 g/mol. The monoisotopic (exact) mass is 263 g/mol. The molecule has 0 spiro atoms. The van der Waals surface area contributed by atoms with Crippen molar-refractivity contribution in [3.05, 3.63) is 41.7 Å². The van der Waals surface area contributed by atoms with Crippen LogP contribution in [0.2, 0.25) is 0 Å². The summed E-state index contributed by atoms with van der Waals surface area (Å²) < 4.78 is 5.04. The first-order valence-corrected chi connectivity index (χ1v) is 6.46. The Labute approximate surface area is 113 Å². The molecule has 0 heterocycles. The summed E-state index contributed by atoms with van der Waals surface area (Å²) in [5.41, 5.74) is 7.10. The number of carboxylic acid groups (broad SMARTS) is 1. The van der Waals surface area contributed by atoms with Crippen LogP contribution in [-0.4, -0.2) is 24.7 Å². The third-order valence-corrected chi connectivity index (χ3v) is 2.93. The topological polar surface area (TPSA) is 72.5 Å². The Kier molecular flexibility index (Phi) is 6.68. The lowest BCUT2D eigenvalue weighted by Crippen LogP contribution is -2.07. The summed E-state index contributed by atoms with van der Waals surface area (Å²) in [5.74, 6) is -1.00. The van der Waals surface area contributed by atoms with E-state index in [-0.39, 0.29) is 5.76 Å². The lowest BCUT2D eigenvalue weighted by Gasteiger charge is -2.12. The van der Waals surface area contributed by atoms with Crippen molar-refractivity contribution < 1.29 is 14.6 Å². The number of hydrogen-bond acceptors (Lipinski definition) is 3. The minimum atomic E-state index is -1.03. The Bertz CT molecular complexity index is 426. The van der Waals surface area contributed by atoms with Crippen LogP contribution < -0.4 is 5.73 Å². The summed E-state index contributed by atoms with van der Waals surface area (Å²) >= 11 is 0. The Balaban J connectivity index is 2.94. The van der Waals surface area contributed by atoms with Crippen LogP contribution in [0.4, 0.5) is 0 Å². The van der Waals surface area contributed by atoms with Crippen LogP contribution >= 0.6 is 0 Å². The molecule has 3 N–H and O–H groups in total. The maximum atomic E-state index is 11.2. The quantitative estimate of drug-likeness (QED) is 0.429. The van der Waals surface area contributed by atoms with Crippen molar-refractivity contribution in [2.24, 2.45) is 5.73 Å². The van der Waals surface area contributed by atoms with Crippen LogP contribution in [0.1, 0.15) is 31.2 Å². The van der Waals surface area contributed by atoms with Gasteiger partial charge in [-0.3, -0.25) is 0 Å². The van der Waals surface area contributed by atoms with Gasteiger partial charge in [-0.05, 0) is 31.4 Å². The van der Waals surface area contributed by atoms with Crippen molar-refractivity contribution in [1.82, 2.24) is 0 Å². The first-order valence-electron chi connectivity index (χ1n) is 6.46. The number of methoxy groups -OCH3 is 1. The van der Waals surface area contributed by atoms with Gasteiger partial charge in [-0.15, -0.1) is 0 Å². The van der Waals surface area contributed by atoms with Gasteiger partial charge in [-0.25, -0.2) is 4.79 Å². The van der Waals surface area contributed by atoms with E-state index >= 15 is 0 Å². The maximum Gasteiger partial charge on any atom is 0.371 e. The van der Waals surface area contributed by atoms with Crippen LogP contribution in [0.15, 0.2) is 36.1 Å². The summed E-state index contributed by atoms with van der Waals surface area (Å²) in [6.07, 6.45) is 3.53. The predicted octanol–water partition coefficient (Wildman–Crippen LogP) is 2.65. The maximum absolute atomic E-state index is 11.2. The molecule has 19 heavy (non-hydrogen) atoms. The number of rotatable bonds is 8. The predicted molar refractivity (Wildman–Crippen MR) is 75.5 cm³/mol. The summed E-state index contributed by atoms with van der Waals surface area (Å²) in [6, 6.07) is 9.50. The van der Waals surface area contributed by atoms with Crippen molar-refractivity contribution in [3.63, 3.8) is 0 Å². The van der Waals surface area contributed by atoms with Gasteiger partial charge in [0, 0.05) is 5.57 Å². The molecule has 4 nitrogen and oxygen atoms in total. The molecule has 0 aliphatic carbocycles. The number of nitrogens with two attached hydrogens (primary N) is 1. The zero-order valence-corrected chi connectivity index (χ0v) is 11.3. The number of unbranched alkanes of at least 4 members (excludes halogenated alkanes) is 2. The van der Waals surface area contributed by atoms with Crippen molar-refractivity contribution in [3.8, 4) is 0 Å². The molecule has 0 amide bonds. The Morgan fingerprint density at radius 3 is 2.42 bits per heavy atom. The van der Waals surface area contributed by atoms with E-state index in [4.69, 9.17) is 10.5 Å². The molecule has 0 bridgehead atoms. The van der Waals surface area contributed by atoms with E-state index in [2.05, 4.69) is 0 Å². The number of aliphatic carboxylic acids is 1. The van der Waals surface area contributed by atoms with Crippen molar-refractivity contribution in [1.29, 1.82) is 0 Å². The molecule has 0 unspecified atom stereocenters. The number of ether oxygens (including phenoxy) is 1. The van der Waals surface area contributed by atoms with Crippen LogP contribution in [0, 0.1) is 0 Å². The molecule has 0 saturated heterocycles. The van der Waals surface area contributed by atoms with Gasteiger partial charge in [0.05, 0.1) is 7.11 Å². The Hall–Kier alpha value is -1.81. The van der Waals surface area contributed by atoms with Gasteiger partial charge in [0.1, 0.15) is 0 Å². The second kappa shape index (κ2) is 8.32. The number of benzene rings is 1. The van der Waals surface area contributed by atoms with E-state index in [0.29, 0.717) is 13.0 Å². The van der Waals surface area contributed by atoms with E-state index in [1.165, 1.54) is 7.11 Å². The molecule has 0 aromatic heterocycles. The molecule has 0 saturated carbocycles. The summed E-state index contributed by atoms with van der Waals surface area (Å²) in [5, 5.41) is 9.20. The van der Waals surface area contributed by atoms with E-state index in [9.17, 15) is 9.90 Å². The van der Waals surface area contributed by atoms with Crippen molar-refractivity contribution in [2.75, 3.05) is 13.7 Å². The van der Waals surface area contributed by atoms with Gasteiger partial charge in [0.25, 0.3) is 0 Å². The second-order valence-corrected chi connectivity index (χ2v) is 4.28. The fraction of sp³-hybridized carbons (Fsp3) is 0.400. The van der Waals surface area contributed by atoms with Gasteiger partial charge >= 0.3 is 5.97 Å². The standard InChI is InChI=1S/C15H21NO3/c1-19-14(15(17)18)13(10-6-3-7-11-16)12-8-4-2-5-9-12/h2,4-5,8-9H,3,6-7,10-11,16H2,1H3,(H,17,18). The zero-order valence-electron chi connectivity index (χ0n) is 11.3. The van der Waals surface area contributed by atoms with Gasteiger partial charge in [-0.1, -0.05) is 36.8 Å².